The van der Waals surface area contributed by atoms with Crippen LogP contribution < -0.4 is 20.7 Å². The average molecular weight is 407 g/mol. The van der Waals surface area contributed by atoms with Crippen molar-refractivity contribution in [2.45, 2.75) is 26.5 Å². The molecule has 30 heavy (non-hydrogen) atoms. The van der Waals surface area contributed by atoms with E-state index in [4.69, 9.17) is 9.15 Å². The van der Waals surface area contributed by atoms with Crippen LogP contribution in [-0.2, 0) is 11.3 Å². The number of furan rings is 1. The van der Waals surface area contributed by atoms with Gasteiger partial charge in [-0.05, 0) is 68.4 Å². The normalized spacial score (nSPS) is 10.5. The molecule has 0 aliphatic carbocycles. The molecule has 2 amide bonds. The average Bonchev–Trinajstić information content (AvgIpc) is 3.25. The van der Waals surface area contributed by atoms with Crippen LogP contribution in [0.3, 0.4) is 0 Å². The molecule has 2 aromatic carbocycles. The molecule has 0 aliphatic rings. The number of hydrogen-bond acceptors (Lipinski definition) is 5. The summed E-state index contributed by atoms with van der Waals surface area (Å²) in [6, 6.07) is 17.7. The number of benzene rings is 2. The van der Waals surface area contributed by atoms with Crippen LogP contribution in [0.25, 0.3) is 0 Å². The van der Waals surface area contributed by atoms with Crippen LogP contribution in [0.5, 0.6) is 5.75 Å². The highest BCUT2D eigenvalue weighted by Gasteiger charge is 2.09. The highest BCUT2D eigenvalue weighted by Crippen LogP contribution is 2.17. The summed E-state index contributed by atoms with van der Waals surface area (Å²) in [7, 11) is 0. The van der Waals surface area contributed by atoms with Gasteiger partial charge >= 0.3 is 0 Å². The summed E-state index contributed by atoms with van der Waals surface area (Å²) in [4.78, 5) is 24.5. The fraction of sp³-hybridized carbons (Fsp3) is 0.217. The van der Waals surface area contributed by atoms with Crippen molar-refractivity contribution < 1.29 is 18.7 Å². The largest absolute Gasteiger partial charge is 0.491 e. The molecular formula is C23H25N3O4. The molecule has 3 aromatic rings. The van der Waals surface area contributed by atoms with Gasteiger partial charge in [0.25, 0.3) is 5.91 Å². The van der Waals surface area contributed by atoms with Gasteiger partial charge in [-0.15, -0.1) is 0 Å². The minimum Gasteiger partial charge on any atom is -0.491 e. The van der Waals surface area contributed by atoms with E-state index in [1.807, 2.05) is 38.1 Å². The standard InChI is InChI=1S/C23H25N3O4/c1-16(2)30-20-10-8-18(9-11-20)24-15-22(27)26-19-6-3-5-17(13-19)23(28)25-14-21-7-4-12-29-21/h3-13,16,24H,14-15H2,1-2H3,(H,25,28)(H,26,27). The number of rotatable bonds is 9. The number of nitrogens with one attached hydrogen (secondary N) is 3. The van der Waals surface area contributed by atoms with Crippen LogP contribution in [0.15, 0.2) is 71.3 Å². The monoisotopic (exact) mass is 407 g/mol. The molecule has 0 unspecified atom stereocenters. The second-order valence-electron chi connectivity index (χ2n) is 6.94. The second-order valence-corrected chi connectivity index (χ2v) is 6.94. The summed E-state index contributed by atoms with van der Waals surface area (Å²) < 4.78 is 10.8. The van der Waals surface area contributed by atoms with E-state index in [2.05, 4.69) is 16.0 Å². The molecular weight excluding hydrogens is 382 g/mol. The lowest BCUT2D eigenvalue weighted by Gasteiger charge is -2.11. The molecule has 0 spiro atoms. The number of carbonyl (C=O) groups excluding carboxylic acids is 2. The van der Waals surface area contributed by atoms with Crippen molar-refractivity contribution in [2.24, 2.45) is 0 Å². The van der Waals surface area contributed by atoms with E-state index >= 15 is 0 Å². The molecule has 3 N–H and O–H groups in total. The Kier molecular flexibility index (Phi) is 7.10. The minimum atomic E-state index is -0.246. The van der Waals surface area contributed by atoms with Crippen molar-refractivity contribution in [3.8, 4) is 5.75 Å². The fourth-order valence-corrected chi connectivity index (χ4v) is 2.73. The molecule has 0 atom stereocenters. The Hall–Kier alpha value is -3.74. The van der Waals surface area contributed by atoms with Crippen molar-refractivity contribution in [1.29, 1.82) is 0 Å². The van der Waals surface area contributed by atoms with E-state index in [1.54, 1.807) is 42.7 Å². The predicted octanol–water partition coefficient (Wildman–Crippen LogP) is 4.05. The maximum atomic E-state index is 12.3. The smallest absolute Gasteiger partial charge is 0.251 e. The molecule has 0 radical (unpaired) electrons. The first kappa shape index (κ1) is 21.0. The molecule has 1 heterocycles. The lowest BCUT2D eigenvalue weighted by Crippen LogP contribution is -2.24. The molecule has 156 valence electrons. The summed E-state index contributed by atoms with van der Waals surface area (Å²) in [5.74, 6) is 0.986. The van der Waals surface area contributed by atoms with E-state index in [1.165, 1.54) is 0 Å². The Bertz CT molecular complexity index is 966. The van der Waals surface area contributed by atoms with Gasteiger partial charge in [-0.3, -0.25) is 9.59 Å². The fourth-order valence-electron chi connectivity index (χ4n) is 2.73. The Morgan fingerprint density at radius 3 is 2.50 bits per heavy atom. The van der Waals surface area contributed by atoms with Crippen molar-refractivity contribution in [1.82, 2.24) is 5.32 Å². The molecule has 0 aliphatic heterocycles. The quantitative estimate of drug-likeness (QED) is 0.498. The van der Waals surface area contributed by atoms with E-state index in [-0.39, 0.29) is 24.5 Å². The molecule has 0 bridgehead atoms. The molecule has 7 heteroatoms. The van der Waals surface area contributed by atoms with Gasteiger partial charge in [0.05, 0.1) is 25.5 Å². The Morgan fingerprint density at radius 1 is 1.00 bits per heavy atom. The Labute approximate surface area is 175 Å². The van der Waals surface area contributed by atoms with Gasteiger partial charge < -0.3 is 25.1 Å². The number of ether oxygens (including phenoxy) is 1. The topological polar surface area (TPSA) is 92.6 Å². The van der Waals surface area contributed by atoms with Crippen LogP contribution in [0.2, 0.25) is 0 Å². The van der Waals surface area contributed by atoms with Crippen LogP contribution >= 0.6 is 0 Å². The Morgan fingerprint density at radius 2 is 1.80 bits per heavy atom. The van der Waals surface area contributed by atoms with Gasteiger partial charge in [-0.2, -0.15) is 0 Å². The summed E-state index contributed by atoms with van der Waals surface area (Å²) in [6.07, 6.45) is 1.66. The van der Waals surface area contributed by atoms with Crippen molar-refractivity contribution in [2.75, 3.05) is 17.2 Å². The molecule has 0 saturated heterocycles. The van der Waals surface area contributed by atoms with Crippen molar-refractivity contribution >= 4 is 23.2 Å². The van der Waals surface area contributed by atoms with Gasteiger partial charge in [0.2, 0.25) is 5.91 Å². The lowest BCUT2D eigenvalue weighted by atomic mass is 10.2. The summed E-state index contributed by atoms with van der Waals surface area (Å²) in [5, 5.41) is 8.63. The summed E-state index contributed by atoms with van der Waals surface area (Å²) >= 11 is 0. The SMILES string of the molecule is CC(C)Oc1ccc(NCC(=O)Nc2cccc(C(=O)NCc3ccco3)c2)cc1. The minimum absolute atomic E-state index is 0.0965. The molecule has 3 rings (SSSR count). The molecule has 7 nitrogen and oxygen atoms in total. The van der Waals surface area contributed by atoms with Crippen LogP contribution in [0.1, 0.15) is 30.0 Å². The van der Waals surface area contributed by atoms with Gasteiger partial charge in [-0.25, -0.2) is 0 Å². The molecule has 0 saturated carbocycles. The number of anilines is 2. The second kappa shape index (κ2) is 10.2. The first-order valence-electron chi connectivity index (χ1n) is 9.70. The van der Waals surface area contributed by atoms with Gasteiger partial charge in [0.15, 0.2) is 0 Å². The third kappa shape index (κ3) is 6.41. The zero-order valence-corrected chi connectivity index (χ0v) is 17.0. The molecule has 0 fully saturated rings. The highest BCUT2D eigenvalue weighted by molar-refractivity contribution is 5.98. The summed E-state index contributed by atoms with van der Waals surface area (Å²) in [6.45, 7) is 4.33. The van der Waals surface area contributed by atoms with Crippen molar-refractivity contribution in [3.05, 3.63) is 78.3 Å². The highest BCUT2D eigenvalue weighted by atomic mass is 16.5. The van der Waals surface area contributed by atoms with E-state index in [9.17, 15) is 9.59 Å². The van der Waals surface area contributed by atoms with E-state index < -0.39 is 0 Å². The van der Waals surface area contributed by atoms with Crippen LogP contribution in [0.4, 0.5) is 11.4 Å². The number of carbonyl (C=O) groups is 2. The molecule has 1 aromatic heterocycles. The first-order valence-corrected chi connectivity index (χ1v) is 9.70. The van der Waals surface area contributed by atoms with Gasteiger partial charge in [-0.1, -0.05) is 6.07 Å². The Balaban J connectivity index is 1.49. The third-order valence-electron chi connectivity index (χ3n) is 4.09. The van der Waals surface area contributed by atoms with E-state index in [0.717, 1.165) is 11.4 Å². The predicted molar refractivity (Wildman–Crippen MR) is 116 cm³/mol. The first-order chi connectivity index (χ1) is 14.5. The third-order valence-corrected chi connectivity index (χ3v) is 4.09. The van der Waals surface area contributed by atoms with Gasteiger partial charge in [0.1, 0.15) is 11.5 Å². The van der Waals surface area contributed by atoms with E-state index in [0.29, 0.717) is 23.6 Å². The number of hydrogen-bond donors (Lipinski definition) is 3. The maximum absolute atomic E-state index is 12.3. The van der Waals surface area contributed by atoms with Crippen LogP contribution in [0, 0.1) is 0 Å². The number of amides is 2. The maximum Gasteiger partial charge on any atom is 0.251 e. The van der Waals surface area contributed by atoms with Gasteiger partial charge in [0, 0.05) is 16.9 Å². The summed E-state index contributed by atoms with van der Waals surface area (Å²) in [5.41, 5.74) is 1.81. The lowest BCUT2D eigenvalue weighted by molar-refractivity contribution is -0.114. The zero-order chi connectivity index (χ0) is 21.3. The van der Waals surface area contributed by atoms with Crippen LogP contribution in [-0.4, -0.2) is 24.5 Å². The van der Waals surface area contributed by atoms with Crippen molar-refractivity contribution in [3.63, 3.8) is 0 Å². The zero-order valence-electron chi connectivity index (χ0n) is 17.0.